The number of anilines is 1. The highest BCUT2D eigenvalue weighted by Gasteiger charge is 2.18. The molecule has 1 atom stereocenters. The summed E-state index contributed by atoms with van der Waals surface area (Å²) in [7, 11) is 1.64. The van der Waals surface area contributed by atoms with Gasteiger partial charge in [-0.15, -0.1) is 10.2 Å². The van der Waals surface area contributed by atoms with E-state index in [-0.39, 0.29) is 11.9 Å². The summed E-state index contributed by atoms with van der Waals surface area (Å²) in [5, 5.41) is 15.6. The molecule has 2 heterocycles. The van der Waals surface area contributed by atoms with E-state index in [0.29, 0.717) is 31.2 Å². The van der Waals surface area contributed by atoms with E-state index in [9.17, 15) is 4.79 Å². The molecule has 8 heteroatoms. The summed E-state index contributed by atoms with van der Waals surface area (Å²) in [4.78, 5) is 12.0. The SMILES string of the molecule is COc1cccc(Cc2nnc(NC(=O)CC3COCCN3)s2)c1. The van der Waals surface area contributed by atoms with Crippen LogP contribution < -0.4 is 15.4 Å². The number of carbonyl (C=O) groups excluding carboxylic acids is 1. The zero-order valence-electron chi connectivity index (χ0n) is 13.4. The number of amides is 1. The highest BCUT2D eigenvalue weighted by atomic mass is 32.1. The van der Waals surface area contributed by atoms with E-state index < -0.39 is 0 Å². The number of hydrogen-bond donors (Lipinski definition) is 2. The van der Waals surface area contributed by atoms with Crippen molar-refractivity contribution in [3.8, 4) is 5.75 Å². The molecule has 0 spiro atoms. The molecule has 0 aliphatic carbocycles. The summed E-state index contributed by atoms with van der Waals surface area (Å²) >= 11 is 1.38. The van der Waals surface area contributed by atoms with Gasteiger partial charge < -0.3 is 20.1 Å². The summed E-state index contributed by atoms with van der Waals surface area (Å²) in [6, 6.07) is 7.88. The van der Waals surface area contributed by atoms with Gasteiger partial charge in [-0.2, -0.15) is 0 Å². The maximum absolute atomic E-state index is 12.0. The van der Waals surface area contributed by atoms with Crippen LogP contribution in [-0.2, 0) is 16.0 Å². The molecule has 1 aromatic heterocycles. The first-order valence-electron chi connectivity index (χ1n) is 7.79. The van der Waals surface area contributed by atoms with Crippen LogP contribution in [0.1, 0.15) is 17.0 Å². The van der Waals surface area contributed by atoms with Crippen LogP contribution in [0.4, 0.5) is 5.13 Å². The van der Waals surface area contributed by atoms with Crippen molar-refractivity contribution in [1.29, 1.82) is 0 Å². The molecule has 7 nitrogen and oxygen atoms in total. The van der Waals surface area contributed by atoms with Crippen LogP contribution in [0.3, 0.4) is 0 Å². The fourth-order valence-electron chi connectivity index (χ4n) is 2.48. The first kappa shape index (κ1) is 16.8. The molecule has 1 fully saturated rings. The van der Waals surface area contributed by atoms with Crippen LogP contribution >= 0.6 is 11.3 Å². The van der Waals surface area contributed by atoms with Gasteiger partial charge in [0.25, 0.3) is 0 Å². The van der Waals surface area contributed by atoms with E-state index in [1.807, 2.05) is 24.3 Å². The molecule has 2 N–H and O–H groups in total. The number of hydrogen-bond acceptors (Lipinski definition) is 7. The average molecular weight is 348 g/mol. The lowest BCUT2D eigenvalue weighted by Crippen LogP contribution is -2.43. The maximum Gasteiger partial charge on any atom is 0.227 e. The Morgan fingerprint density at radius 3 is 3.21 bits per heavy atom. The van der Waals surface area contributed by atoms with Crippen molar-refractivity contribution in [1.82, 2.24) is 15.5 Å². The molecule has 3 rings (SSSR count). The van der Waals surface area contributed by atoms with Gasteiger partial charge in [-0.3, -0.25) is 4.79 Å². The highest BCUT2D eigenvalue weighted by molar-refractivity contribution is 7.15. The molecule has 1 aromatic carbocycles. The van der Waals surface area contributed by atoms with Gasteiger partial charge in [-0.05, 0) is 17.7 Å². The van der Waals surface area contributed by atoms with E-state index in [2.05, 4.69) is 20.8 Å². The number of morpholine rings is 1. The Labute approximate surface area is 144 Å². The van der Waals surface area contributed by atoms with Crippen molar-refractivity contribution in [2.24, 2.45) is 0 Å². The molecular weight excluding hydrogens is 328 g/mol. The van der Waals surface area contributed by atoms with Crippen molar-refractivity contribution in [2.45, 2.75) is 18.9 Å². The predicted octanol–water partition coefficient (Wildman–Crippen LogP) is 1.45. The Kier molecular flexibility index (Phi) is 5.73. The van der Waals surface area contributed by atoms with Crippen LogP contribution in [0, 0.1) is 0 Å². The summed E-state index contributed by atoms with van der Waals surface area (Å²) in [6.45, 7) is 2.04. The van der Waals surface area contributed by atoms with Crippen molar-refractivity contribution < 1.29 is 14.3 Å². The summed E-state index contributed by atoms with van der Waals surface area (Å²) < 4.78 is 10.6. The Balaban J connectivity index is 1.53. The molecular formula is C16H20N4O3S. The predicted molar refractivity (Wildman–Crippen MR) is 91.6 cm³/mol. The maximum atomic E-state index is 12.0. The standard InChI is InChI=1S/C16H20N4O3S/c1-22-13-4-2-3-11(7-13)8-15-19-20-16(24-15)18-14(21)9-12-10-23-6-5-17-12/h2-4,7,12,17H,5-6,8-10H2,1H3,(H,18,20,21). The van der Waals surface area contributed by atoms with E-state index in [1.165, 1.54) is 11.3 Å². The second-order valence-electron chi connectivity index (χ2n) is 5.51. The van der Waals surface area contributed by atoms with Crippen LogP contribution in [0.25, 0.3) is 0 Å². The van der Waals surface area contributed by atoms with Crippen LogP contribution in [-0.4, -0.2) is 49.0 Å². The van der Waals surface area contributed by atoms with Crippen LogP contribution in [0.5, 0.6) is 5.75 Å². The number of ether oxygens (including phenoxy) is 2. The Morgan fingerprint density at radius 1 is 1.50 bits per heavy atom. The third kappa shape index (κ3) is 4.73. The Bertz CT molecular complexity index is 685. The third-order valence-electron chi connectivity index (χ3n) is 3.63. The molecule has 0 bridgehead atoms. The number of rotatable bonds is 6. The van der Waals surface area contributed by atoms with Crippen LogP contribution in [0.2, 0.25) is 0 Å². The second-order valence-corrected chi connectivity index (χ2v) is 6.57. The van der Waals surface area contributed by atoms with Gasteiger partial charge in [0.05, 0.1) is 20.3 Å². The molecule has 1 unspecified atom stereocenters. The van der Waals surface area contributed by atoms with Gasteiger partial charge in [0.1, 0.15) is 10.8 Å². The molecule has 1 amide bonds. The zero-order chi connectivity index (χ0) is 16.8. The van der Waals surface area contributed by atoms with Crippen LogP contribution in [0.15, 0.2) is 24.3 Å². The lowest BCUT2D eigenvalue weighted by Gasteiger charge is -2.22. The van der Waals surface area contributed by atoms with Gasteiger partial charge >= 0.3 is 0 Å². The number of benzene rings is 1. The normalized spacial score (nSPS) is 17.5. The topological polar surface area (TPSA) is 85.4 Å². The number of nitrogens with zero attached hydrogens (tertiary/aromatic N) is 2. The molecule has 0 saturated carbocycles. The van der Waals surface area contributed by atoms with E-state index >= 15 is 0 Å². The number of carbonyl (C=O) groups is 1. The minimum atomic E-state index is -0.0814. The van der Waals surface area contributed by atoms with Gasteiger partial charge in [0.2, 0.25) is 11.0 Å². The minimum absolute atomic E-state index is 0.0583. The molecule has 2 aromatic rings. The van der Waals surface area contributed by atoms with E-state index in [4.69, 9.17) is 9.47 Å². The summed E-state index contributed by atoms with van der Waals surface area (Å²) in [5.74, 6) is 0.731. The smallest absolute Gasteiger partial charge is 0.227 e. The Hall–Kier alpha value is -2.03. The molecule has 1 aliphatic rings. The number of nitrogens with one attached hydrogen (secondary N) is 2. The molecule has 0 radical (unpaired) electrons. The second kappa shape index (κ2) is 8.18. The highest BCUT2D eigenvalue weighted by Crippen LogP contribution is 2.21. The van der Waals surface area contributed by atoms with E-state index in [1.54, 1.807) is 7.11 Å². The monoisotopic (exact) mass is 348 g/mol. The zero-order valence-corrected chi connectivity index (χ0v) is 14.3. The van der Waals surface area contributed by atoms with E-state index in [0.717, 1.165) is 22.9 Å². The minimum Gasteiger partial charge on any atom is -0.497 e. The molecule has 24 heavy (non-hydrogen) atoms. The fraction of sp³-hybridized carbons (Fsp3) is 0.438. The largest absolute Gasteiger partial charge is 0.497 e. The fourth-order valence-corrected chi connectivity index (χ4v) is 3.27. The molecule has 1 saturated heterocycles. The lowest BCUT2D eigenvalue weighted by atomic mass is 10.1. The Morgan fingerprint density at radius 2 is 2.42 bits per heavy atom. The average Bonchev–Trinajstić information content (AvgIpc) is 3.02. The van der Waals surface area contributed by atoms with Crippen molar-refractivity contribution >= 4 is 22.4 Å². The number of aromatic nitrogens is 2. The number of methoxy groups -OCH3 is 1. The quantitative estimate of drug-likeness (QED) is 0.822. The lowest BCUT2D eigenvalue weighted by molar-refractivity contribution is -0.117. The first-order chi connectivity index (χ1) is 11.7. The van der Waals surface area contributed by atoms with Gasteiger partial charge in [-0.1, -0.05) is 23.5 Å². The summed E-state index contributed by atoms with van der Waals surface area (Å²) in [6.07, 6.45) is 1.02. The van der Waals surface area contributed by atoms with Gasteiger partial charge in [0, 0.05) is 25.4 Å². The van der Waals surface area contributed by atoms with Crippen molar-refractivity contribution in [2.75, 3.05) is 32.2 Å². The third-order valence-corrected chi connectivity index (χ3v) is 4.47. The van der Waals surface area contributed by atoms with Crippen molar-refractivity contribution in [3.63, 3.8) is 0 Å². The molecule has 1 aliphatic heterocycles. The molecule has 128 valence electrons. The summed E-state index contributed by atoms with van der Waals surface area (Å²) in [5.41, 5.74) is 1.09. The van der Waals surface area contributed by atoms with Gasteiger partial charge in [-0.25, -0.2) is 0 Å². The van der Waals surface area contributed by atoms with Gasteiger partial charge in [0.15, 0.2) is 0 Å². The first-order valence-corrected chi connectivity index (χ1v) is 8.61. The van der Waals surface area contributed by atoms with Crippen molar-refractivity contribution in [3.05, 3.63) is 34.8 Å².